The van der Waals surface area contributed by atoms with Crippen molar-refractivity contribution >= 4 is 39.4 Å². The van der Waals surface area contributed by atoms with Crippen LogP contribution in [0.2, 0.25) is 0 Å². The Kier molecular flexibility index (Phi) is 6.39. The molecule has 0 aliphatic rings. The predicted octanol–water partition coefficient (Wildman–Crippen LogP) is 5.42. The first kappa shape index (κ1) is 19.7. The maximum atomic E-state index is 12.8. The average Bonchev–Trinajstić information content (AvgIpc) is 2.94. The molecule has 1 heterocycles. The van der Waals surface area contributed by atoms with Crippen molar-refractivity contribution in [2.45, 2.75) is 24.9 Å². The van der Waals surface area contributed by atoms with Crippen LogP contribution < -0.4 is 5.32 Å². The lowest BCUT2D eigenvalue weighted by Crippen LogP contribution is -2.24. The van der Waals surface area contributed by atoms with Gasteiger partial charge < -0.3 is 5.32 Å². The molecular weight excluding hydrogens is 422 g/mol. The van der Waals surface area contributed by atoms with Crippen molar-refractivity contribution in [2.24, 2.45) is 7.05 Å². The van der Waals surface area contributed by atoms with Crippen molar-refractivity contribution in [1.29, 1.82) is 0 Å². The molecule has 1 unspecified atom stereocenters. The quantitative estimate of drug-likeness (QED) is 0.553. The number of aromatic nitrogens is 2. The number of nitrogens with zero attached hydrogens (tertiary/aromatic N) is 2. The normalized spacial score (nSPS) is 12.0. The number of carbonyl (C=O) groups is 1. The average molecular weight is 444 g/mol. The Labute approximate surface area is 172 Å². The molecule has 27 heavy (non-hydrogen) atoms. The van der Waals surface area contributed by atoms with E-state index >= 15 is 0 Å². The van der Waals surface area contributed by atoms with Gasteiger partial charge in [0, 0.05) is 22.8 Å². The lowest BCUT2D eigenvalue weighted by atomic mass is 10.1. The van der Waals surface area contributed by atoms with Gasteiger partial charge in [-0.05, 0) is 37.1 Å². The van der Waals surface area contributed by atoms with Gasteiger partial charge in [0.05, 0.1) is 10.9 Å². The summed E-state index contributed by atoms with van der Waals surface area (Å²) in [7, 11) is 1.85. The minimum atomic E-state index is -0.168. The molecule has 6 heteroatoms. The van der Waals surface area contributed by atoms with E-state index in [1.54, 1.807) is 16.4 Å². The van der Waals surface area contributed by atoms with E-state index in [4.69, 9.17) is 0 Å². The van der Waals surface area contributed by atoms with Gasteiger partial charge in [-0.25, -0.2) is 0 Å². The van der Waals surface area contributed by atoms with E-state index in [1.165, 1.54) is 5.56 Å². The summed E-state index contributed by atoms with van der Waals surface area (Å²) in [5.41, 5.74) is 4.09. The molecule has 140 valence electrons. The molecule has 0 bridgehead atoms. The molecule has 1 N–H and O–H groups in total. The van der Waals surface area contributed by atoms with Crippen molar-refractivity contribution in [3.8, 4) is 11.1 Å². The third kappa shape index (κ3) is 4.82. The number of rotatable bonds is 6. The van der Waals surface area contributed by atoms with Crippen molar-refractivity contribution in [3.05, 3.63) is 70.3 Å². The Bertz CT molecular complexity index is 923. The zero-order valence-corrected chi connectivity index (χ0v) is 18.0. The molecule has 0 saturated carbocycles. The number of aryl methyl sites for hydroxylation is 2. The minimum absolute atomic E-state index is 0.0164. The molecule has 0 saturated heterocycles. The van der Waals surface area contributed by atoms with Crippen LogP contribution in [0.25, 0.3) is 11.1 Å². The predicted molar refractivity (Wildman–Crippen MR) is 117 cm³/mol. The summed E-state index contributed by atoms with van der Waals surface area (Å²) in [5.74, 6) is 1.52. The number of hydrogen-bond acceptors (Lipinski definition) is 3. The number of carbonyl (C=O) groups excluding carboxylic acids is 1. The molecule has 1 aromatic heterocycles. The van der Waals surface area contributed by atoms with Gasteiger partial charge in [0.1, 0.15) is 5.82 Å². The highest BCUT2D eigenvalue weighted by Crippen LogP contribution is 2.32. The molecule has 0 aliphatic heterocycles. The zero-order chi connectivity index (χ0) is 19.4. The molecule has 1 atom stereocenters. The van der Waals surface area contributed by atoms with Crippen LogP contribution in [0.4, 0.5) is 5.82 Å². The van der Waals surface area contributed by atoms with Gasteiger partial charge in [-0.15, -0.1) is 11.8 Å². The number of halogens is 1. The van der Waals surface area contributed by atoms with Gasteiger partial charge in [-0.3, -0.25) is 9.48 Å². The van der Waals surface area contributed by atoms with Gasteiger partial charge in [-0.2, -0.15) is 5.10 Å². The Morgan fingerprint density at radius 3 is 2.52 bits per heavy atom. The fourth-order valence-electron chi connectivity index (χ4n) is 2.85. The molecular formula is C21H22BrN3OS. The molecule has 3 rings (SSSR count). The van der Waals surface area contributed by atoms with Gasteiger partial charge in [0.25, 0.3) is 0 Å². The maximum Gasteiger partial charge on any atom is 0.238 e. The molecule has 1 amide bonds. The number of benzene rings is 2. The van der Waals surface area contributed by atoms with E-state index in [0.717, 1.165) is 32.9 Å². The monoisotopic (exact) mass is 443 g/mol. The third-order valence-electron chi connectivity index (χ3n) is 4.31. The van der Waals surface area contributed by atoms with Crippen LogP contribution in [0.1, 0.15) is 18.2 Å². The molecule has 0 radical (unpaired) electrons. The maximum absolute atomic E-state index is 12.8. The lowest BCUT2D eigenvalue weighted by Gasteiger charge is -2.14. The highest BCUT2D eigenvalue weighted by Gasteiger charge is 2.20. The summed E-state index contributed by atoms with van der Waals surface area (Å²) in [5, 5.41) is 7.41. The first-order chi connectivity index (χ1) is 13.0. The van der Waals surface area contributed by atoms with Crippen LogP contribution in [-0.2, 0) is 17.6 Å². The van der Waals surface area contributed by atoms with Crippen molar-refractivity contribution in [3.63, 3.8) is 0 Å². The summed E-state index contributed by atoms with van der Waals surface area (Å²) >= 11 is 5.09. The van der Waals surface area contributed by atoms with Crippen molar-refractivity contribution in [2.75, 3.05) is 5.32 Å². The minimum Gasteiger partial charge on any atom is -0.309 e. The van der Waals surface area contributed by atoms with Crippen LogP contribution >= 0.6 is 27.7 Å². The standard InChI is InChI=1S/C21H22BrN3OS/c1-14-19(17-9-11-18(22)12-10-17)20(25(3)24-14)23-21(26)15(2)27-13-16-7-5-4-6-8-16/h4-12,15H,13H2,1-3H3,(H,23,26). The molecule has 0 aliphatic carbocycles. The van der Waals surface area contributed by atoms with E-state index < -0.39 is 0 Å². The Hall–Kier alpha value is -2.05. The smallest absolute Gasteiger partial charge is 0.238 e. The summed E-state index contributed by atoms with van der Waals surface area (Å²) in [4.78, 5) is 12.8. The highest BCUT2D eigenvalue weighted by molar-refractivity contribution is 9.10. The van der Waals surface area contributed by atoms with E-state index in [2.05, 4.69) is 38.5 Å². The summed E-state index contributed by atoms with van der Waals surface area (Å²) < 4.78 is 2.75. The summed E-state index contributed by atoms with van der Waals surface area (Å²) in [6.07, 6.45) is 0. The first-order valence-corrected chi connectivity index (χ1v) is 10.6. The van der Waals surface area contributed by atoms with E-state index in [9.17, 15) is 4.79 Å². The third-order valence-corrected chi connectivity index (χ3v) is 6.05. The number of anilines is 1. The second-order valence-corrected chi connectivity index (χ2v) is 8.61. The second-order valence-electron chi connectivity index (χ2n) is 6.37. The van der Waals surface area contributed by atoms with Crippen LogP contribution in [0.3, 0.4) is 0 Å². The molecule has 0 spiro atoms. The van der Waals surface area contributed by atoms with Crippen LogP contribution in [0.5, 0.6) is 0 Å². The van der Waals surface area contributed by atoms with Gasteiger partial charge >= 0.3 is 0 Å². The van der Waals surface area contributed by atoms with Gasteiger partial charge in [0.15, 0.2) is 0 Å². The lowest BCUT2D eigenvalue weighted by molar-refractivity contribution is -0.115. The molecule has 2 aromatic carbocycles. The highest BCUT2D eigenvalue weighted by atomic mass is 79.9. The Balaban J connectivity index is 1.74. The van der Waals surface area contributed by atoms with E-state index in [-0.39, 0.29) is 11.2 Å². The fraction of sp³-hybridized carbons (Fsp3) is 0.238. The molecule has 0 fully saturated rings. The zero-order valence-electron chi connectivity index (χ0n) is 15.6. The number of thioether (sulfide) groups is 1. The van der Waals surface area contributed by atoms with Crippen molar-refractivity contribution < 1.29 is 4.79 Å². The summed E-state index contributed by atoms with van der Waals surface area (Å²) in [6.45, 7) is 3.89. The van der Waals surface area contributed by atoms with E-state index in [0.29, 0.717) is 0 Å². The number of amides is 1. The number of nitrogens with one attached hydrogen (secondary N) is 1. The second kappa shape index (κ2) is 8.76. The SMILES string of the molecule is Cc1nn(C)c(NC(=O)C(C)SCc2ccccc2)c1-c1ccc(Br)cc1. The van der Waals surface area contributed by atoms with Crippen molar-refractivity contribution in [1.82, 2.24) is 9.78 Å². The Morgan fingerprint density at radius 2 is 1.85 bits per heavy atom. The topological polar surface area (TPSA) is 46.9 Å². The van der Waals surface area contributed by atoms with Gasteiger partial charge in [0.2, 0.25) is 5.91 Å². The van der Waals surface area contributed by atoms with Crippen LogP contribution in [0.15, 0.2) is 59.1 Å². The Morgan fingerprint density at radius 1 is 1.19 bits per heavy atom. The van der Waals surface area contributed by atoms with Crippen LogP contribution in [0, 0.1) is 6.92 Å². The number of hydrogen-bond donors (Lipinski definition) is 1. The van der Waals surface area contributed by atoms with E-state index in [1.807, 2.05) is 63.4 Å². The van der Waals surface area contributed by atoms with Crippen LogP contribution in [-0.4, -0.2) is 20.9 Å². The molecule has 4 nitrogen and oxygen atoms in total. The van der Waals surface area contributed by atoms with Gasteiger partial charge in [-0.1, -0.05) is 58.4 Å². The summed E-state index contributed by atoms with van der Waals surface area (Å²) in [6, 6.07) is 18.2. The largest absolute Gasteiger partial charge is 0.309 e. The first-order valence-electron chi connectivity index (χ1n) is 8.71. The molecule has 3 aromatic rings. The fourth-order valence-corrected chi connectivity index (χ4v) is 3.96.